The van der Waals surface area contributed by atoms with E-state index in [0.717, 1.165) is 16.5 Å². The molecule has 0 radical (unpaired) electrons. The summed E-state index contributed by atoms with van der Waals surface area (Å²) in [6, 6.07) is 9.18. The van der Waals surface area contributed by atoms with Crippen molar-refractivity contribution in [1.29, 1.82) is 0 Å². The van der Waals surface area contributed by atoms with Crippen LogP contribution in [0.3, 0.4) is 0 Å². The Morgan fingerprint density at radius 3 is 2.40 bits per heavy atom. The van der Waals surface area contributed by atoms with Gasteiger partial charge in [0.1, 0.15) is 29.7 Å². The van der Waals surface area contributed by atoms with E-state index in [1.807, 2.05) is 49.9 Å². The van der Waals surface area contributed by atoms with Gasteiger partial charge in [0.15, 0.2) is 0 Å². The third kappa shape index (κ3) is 6.99. The van der Waals surface area contributed by atoms with E-state index in [2.05, 4.69) is 4.98 Å². The quantitative estimate of drug-likeness (QED) is 0.238. The summed E-state index contributed by atoms with van der Waals surface area (Å²) in [6.45, 7) is 9.07. The Bertz CT molecular complexity index is 1330. The third-order valence-corrected chi connectivity index (χ3v) is 7.60. The SMILES string of the molecule is C[C@@H]1Cc2c([nH]c3ccccc23)[C@@H](c2c(F)cc(OCCC(C)(C)CCOCC(=O)O)cc2F)N1CC(C)(C)F. The number of carbonyl (C=O) groups is 1. The zero-order chi connectivity index (χ0) is 29.2. The molecular weight excluding hydrogens is 521 g/mol. The van der Waals surface area contributed by atoms with Crippen LogP contribution >= 0.6 is 0 Å². The summed E-state index contributed by atoms with van der Waals surface area (Å²) in [6.07, 6.45) is 1.82. The number of halogens is 3. The number of fused-ring (bicyclic) bond motifs is 3. The smallest absolute Gasteiger partial charge is 0.329 e. The lowest BCUT2D eigenvalue weighted by Crippen LogP contribution is -2.48. The number of nitrogens with one attached hydrogen (secondary N) is 1. The Hall–Kier alpha value is -3.04. The minimum atomic E-state index is -1.57. The molecule has 3 aromatic rings. The monoisotopic (exact) mass is 560 g/mol. The summed E-state index contributed by atoms with van der Waals surface area (Å²) in [5.74, 6) is -2.44. The average Bonchev–Trinajstić information content (AvgIpc) is 3.20. The second-order valence-corrected chi connectivity index (χ2v) is 12.2. The van der Waals surface area contributed by atoms with Crippen molar-refractivity contribution in [3.63, 3.8) is 0 Å². The van der Waals surface area contributed by atoms with Crippen LogP contribution in [-0.4, -0.2) is 59.0 Å². The Labute approximate surface area is 233 Å². The molecule has 0 unspecified atom stereocenters. The van der Waals surface area contributed by atoms with Crippen LogP contribution in [0.4, 0.5) is 13.2 Å². The number of H-pyrrole nitrogens is 1. The van der Waals surface area contributed by atoms with Gasteiger partial charge in [0.25, 0.3) is 0 Å². The third-order valence-electron chi connectivity index (χ3n) is 7.60. The fraction of sp³-hybridized carbons (Fsp3) is 0.516. The minimum absolute atomic E-state index is 0.00995. The maximum absolute atomic E-state index is 15.8. The van der Waals surface area contributed by atoms with Gasteiger partial charge in [-0.1, -0.05) is 32.0 Å². The van der Waals surface area contributed by atoms with Crippen LogP contribution in [0.15, 0.2) is 36.4 Å². The number of hydrogen-bond acceptors (Lipinski definition) is 4. The van der Waals surface area contributed by atoms with Gasteiger partial charge in [0, 0.05) is 53.5 Å². The summed E-state index contributed by atoms with van der Waals surface area (Å²) in [5.41, 5.74) is 0.628. The van der Waals surface area contributed by atoms with E-state index in [1.165, 1.54) is 26.0 Å². The molecule has 0 amide bonds. The van der Waals surface area contributed by atoms with Crippen molar-refractivity contribution < 1.29 is 32.5 Å². The van der Waals surface area contributed by atoms with Gasteiger partial charge in [-0.25, -0.2) is 18.0 Å². The number of benzene rings is 2. The van der Waals surface area contributed by atoms with E-state index < -0.39 is 29.3 Å². The van der Waals surface area contributed by atoms with Crippen molar-refractivity contribution >= 4 is 16.9 Å². The lowest BCUT2D eigenvalue weighted by Gasteiger charge is -2.43. The number of rotatable bonds is 12. The van der Waals surface area contributed by atoms with Gasteiger partial charge in [-0.15, -0.1) is 0 Å². The molecule has 40 heavy (non-hydrogen) atoms. The number of hydrogen-bond donors (Lipinski definition) is 2. The normalized spacial score (nSPS) is 18.2. The number of aliphatic carboxylic acids is 1. The van der Waals surface area contributed by atoms with Gasteiger partial charge < -0.3 is 19.6 Å². The van der Waals surface area contributed by atoms with Gasteiger partial charge in [-0.05, 0) is 57.1 Å². The molecule has 0 spiro atoms. The van der Waals surface area contributed by atoms with Crippen molar-refractivity contribution in [2.24, 2.45) is 5.41 Å². The van der Waals surface area contributed by atoms with E-state index in [-0.39, 0.29) is 42.5 Å². The molecule has 4 rings (SSSR count). The molecule has 1 aromatic heterocycles. The molecular formula is C31H39F3N2O4. The van der Waals surface area contributed by atoms with Crippen molar-refractivity contribution in [3.05, 3.63) is 64.9 Å². The molecule has 0 bridgehead atoms. The largest absolute Gasteiger partial charge is 0.493 e. The van der Waals surface area contributed by atoms with E-state index >= 15 is 8.78 Å². The van der Waals surface area contributed by atoms with Crippen LogP contribution in [-0.2, 0) is 16.0 Å². The molecule has 2 atom stereocenters. The van der Waals surface area contributed by atoms with E-state index in [0.29, 0.717) is 31.6 Å². The molecule has 0 fully saturated rings. The van der Waals surface area contributed by atoms with Gasteiger partial charge >= 0.3 is 5.97 Å². The number of aromatic amines is 1. The van der Waals surface area contributed by atoms with Crippen LogP contribution in [0.5, 0.6) is 5.75 Å². The predicted octanol–water partition coefficient (Wildman–Crippen LogP) is 6.82. The van der Waals surface area contributed by atoms with E-state index in [9.17, 15) is 9.18 Å². The summed E-state index contributed by atoms with van der Waals surface area (Å²) in [7, 11) is 0. The standard InChI is InChI=1S/C31H39F3N2O4/c1-19-14-22-21-8-6-7-9-25(21)35-28(22)29(36(19)18-31(4,5)34)27-23(32)15-20(16-24(27)33)40-13-11-30(2,3)10-12-39-17-26(37)38/h6-9,15-16,19,29,35H,10-14,17-18H2,1-5H3,(H,37,38)/t19-,29-/m1/s1. The highest BCUT2D eigenvalue weighted by Crippen LogP contribution is 2.43. The second-order valence-electron chi connectivity index (χ2n) is 12.2. The Morgan fingerprint density at radius 1 is 1.10 bits per heavy atom. The summed E-state index contributed by atoms with van der Waals surface area (Å²) < 4.78 is 57.4. The number of para-hydroxylation sites is 1. The number of ether oxygens (including phenoxy) is 2. The van der Waals surface area contributed by atoms with Crippen molar-refractivity contribution in [3.8, 4) is 5.75 Å². The van der Waals surface area contributed by atoms with Gasteiger partial charge in [-0.3, -0.25) is 4.90 Å². The van der Waals surface area contributed by atoms with E-state index in [1.54, 1.807) is 0 Å². The van der Waals surface area contributed by atoms with Gasteiger partial charge in [-0.2, -0.15) is 0 Å². The molecule has 9 heteroatoms. The highest BCUT2D eigenvalue weighted by atomic mass is 19.1. The van der Waals surface area contributed by atoms with Crippen LogP contribution in [0.2, 0.25) is 0 Å². The van der Waals surface area contributed by atoms with Crippen LogP contribution in [0.25, 0.3) is 10.9 Å². The number of aromatic nitrogens is 1. The minimum Gasteiger partial charge on any atom is -0.493 e. The first-order valence-electron chi connectivity index (χ1n) is 13.7. The van der Waals surface area contributed by atoms with Crippen LogP contribution in [0, 0.1) is 17.0 Å². The lowest BCUT2D eigenvalue weighted by atomic mass is 9.86. The molecule has 1 aliphatic rings. The topological polar surface area (TPSA) is 74.8 Å². The maximum Gasteiger partial charge on any atom is 0.329 e. The molecule has 218 valence electrons. The number of alkyl halides is 1. The molecule has 0 saturated carbocycles. The zero-order valence-electron chi connectivity index (χ0n) is 23.8. The number of nitrogens with zero attached hydrogens (tertiary/aromatic N) is 1. The molecule has 0 aliphatic carbocycles. The Kier molecular flexibility index (Phi) is 8.85. The van der Waals surface area contributed by atoms with Crippen LogP contribution < -0.4 is 4.74 Å². The van der Waals surface area contributed by atoms with Crippen molar-refractivity contribution in [1.82, 2.24) is 9.88 Å². The molecule has 0 saturated heterocycles. The van der Waals surface area contributed by atoms with Crippen LogP contribution in [0.1, 0.15) is 70.3 Å². The zero-order valence-corrected chi connectivity index (χ0v) is 23.8. The fourth-order valence-corrected chi connectivity index (χ4v) is 5.48. The predicted molar refractivity (Wildman–Crippen MR) is 149 cm³/mol. The molecule has 2 N–H and O–H groups in total. The molecule has 2 aromatic carbocycles. The first-order chi connectivity index (χ1) is 18.8. The summed E-state index contributed by atoms with van der Waals surface area (Å²) >= 11 is 0. The molecule has 1 aliphatic heterocycles. The summed E-state index contributed by atoms with van der Waals surface area (Å²) in [4.78, 5) is 15.8. The van der Waals surface area contributed by atoms with Crippen molar-refractivity contribution in [2.45, 2.75) is 71.6 Å². The van der Waals surface area contributed by atoms with Gasteiger partial charge in [0.05, 0.1) is 12.6 Å². The summed E-state index contributed by atoms with van der Waals surface area (Å²) in [5, 5.41) is 9.69. The number of carboxylic acids is 1. The Balaban J connectivity index is 1.58. The number of carboxylic acid groups (broad SMARTS) is 1. The first kappa shape index (κ1) is 29.9. The average molecular weight is 561 g/mol. The highest BCUT2D eigenvalue weighted by Gasteiger charge is 2.41. The molecule has 6 nitrogen and oxygen atoms in total. The maximum atomic E-state index is 15.8. The molecule has 2 heterocycles. The highest BCUT2D eigenvalue weighted by molar-refractivity contribution is 5.85. The second kappa shape index (κ2) is 11.8. The van der Waals surface area contributed by atoms with E-state index in [4.69, 9.17) is 14.6 Å². The fourth-order valence-electron chi connectivity index (χ4n) is 5.48. The Morgan fingerprint density at radius 2 is 1.75 bits per heavy atom. The lowest BCUT2D eigenvalue weighted by molar-refractivity contribution is -0.142. The van der Waals surface area contributed by atoms with Crippen molar-refractivity contribution in [2.75, 3.05) is 26.4 Å². The van der Waals surface area contributed by atoms with Gasteiger partial charge in [0.2, 0.25) is 0 Å². The first-order valence-corrected chi connectivity index (χ1v) is 13.7.